The molecule has 1 saturated heterocycles. The van der Waals surface area contributed by atoms with Crippen molar-refractivity contribution in [2.45, 2.75) is 38.0 Å². The van der Waals surface area contributed by atoms with Crippen LogP contribution in [0.25, 0.3) is 0 Å². The van der Waals surface area contributed by atoms with E-state index < -0.39 is 0 Å². The molecule has 2 amide bonds. The molecule has 4 rings (SSSR count). The van der Waals surface area contributed by atoms with Crippen LogP contribution >= 0.6 is 0 Å². The minimum atomic E-state index is 0.0851. The molecule has 164 valence electrons. The van der Waals surface area contributed by atoms with E-state index in [9.17, 15) is 9.59 Å². The summed E-state index contributed by atoms with van der Waals surface area (Å²) in [5, 5.41) is 3.18. The van der Waals surface area contributed by atoms with Crippen molar-refractivity contribution in [3.63, 3.8) is 0 Å². The van der Waals surface area contributed by atoms with E-state index in [2.05, 4.69) is 34.5 Å². The predicted molar refractivity (Wildman–Crippen MR) is 123 cm³/mol. The lowest BCUT2D eigenvalue weighted by molar-refractivity contribution is -0.132. The average molecular weight is 420 g/mol. The summed E-state index contributed by atoms with van der Waals surface area (Å²) >= 11 is 0. The summed E-state index contributed by atoms with van der Waals surface area (Å²) in [6.07, 6.45) is 3.95. The first-order chi connectivity index (χ1) is 15.1. The monoisotopic (exact) mass is 419 g/mol. The molecule has 5 heteroatoms. The van der Waals surface area contributed by atoms with Gasteiger partial charge in [0, 0.05) is 38.1 Å². The molecule has 0 bridgehead atoms. The number of hydrogen-bond acceptors (Lipinski definition) is 3. The highest BCUT2D eigenvalue weighted by Gasteiger charge is 2.38. The Morgan fingerprint density at radius 1 is 0.935 bits per heavy atom. The van der Waals surface area contributed by atoms with Crippen molar-refractivity contribution < 1.29 is 9.59 Å². The Morgan fingerprint density at radius 2 is 1.61 bits per heavy atom. The van der Waals surface area contributed by atoms with Gasteiger partial charge in [-0.15, -0.1) is 0 Å². The van der Waals surface area contributed by atoms with Crippen molar-refractivity contribution >= 4 is 11.8 Å². The van der Waals surface area contributed by atoms with Crippen LogP contribution < -0.4 is 5.32 Å². The molecular weight excluding hydrogens is 386 g/mol. The number of benzene rings is 2. The Balaban J connectivity index is 1.21. The second-order valence-electron chi connectivity index (χ2n) is 9.04. The molecule has 1 saturated carbocycles. The lowest BCUT2D eigenvalue weighted by atomic mass is 9.64. The molecule has 2 fully saturated rings. The van der Waals surface area contributed by atoms with Crippen molar-refractivity contribution in [3.8, 4) is 0 Å². The van der Waals surface area contributed by atoms with Crippen molar-refractivity contribution in [1.29, 1.82) is 0 Å². The van der Waals surface area contributed by atoms with Crippen LogP contribution in [0.5, 0.6) is 0 Å². The highest BCUT2D eigenvalue weighted by Crippen LogP contribution is 2.43. The van der Waals surface area contributed by atoms with Gasteiger partial charge in [-0.3, -0.25) is 14.5 Å². The third kappa shape index (κ3) is 5.16. The van der Waals surface area contributed by atoms with Gasteiger partial charge in [0.25, 0.3) is 0 Å². The van der Waals surface area contributed by atoms with Crippen LogP contribution in [-0.2, 0) is 21.4 Å². The van der Waals surface area contributed by atoms with Gasteiger partial charge in [0.15, 0.2) is 0 Å². The summed E-state index contributed by atoms with van der Waals surface area (Å²) in [6.45, 7) is 6.03. The minimum Gasteiger partial charge on any atom is -0.354 e. The number of amides is 2. The fourth-order valence-electron chi connectivity index (χ4n) is 4.73. The first kappa shape index (κ1) is 21.6. The van der Waals surface area contributed by atoms with Gasteiger partial charge in [0.2, 0.25) is 11.8 Å². The Labute approximate surface area is 185 Å². The molecule has 5 nitrogen and oxygen atoms in total. The zero-order chi connectivity index (χ0) is 21.7. The maximum Gasteiger partial charge on any atom is 0.234 e. The van der Waals surface area contributed by atoms with E-state index in [-0.39, 0.29) is 17.2 Å². The van der Waals surface area contributed by atoms with E-state index in [4.69, 9.17) is 0 Å². The lowest BCUT2D eigenvalue weighted by Gasteiger charge is -2.43. The maximum absolute atomic E-state index is 12.7. The zero-order valence-electron chi connectivity index (χ0n) is 18.5. The van der Waals surface area contributed by atoms with Crippen molar-refractivity contribution in [3.05, 3.63) is 71.3 Å². The molecule has 1 heterocycles. The predicted octanol–water partition coefficient (Wildman–Crippen LogP) is 2.92. The van der Waals surface area contributed by atoms with Gasteiger partial charge in [-0.2, -0.15) is 0 Å². The Bertz CT molecular complexity index is 900. The van der Waals surface area contributed by atoms with Crippen LogP contribution in [0.1, 0.15) is 36.0 Å². The number of rotatable bonds is 7. The summed E-state index contributed by atoms with van der Waals surface area (Å²) in [5.74, 6) is 0.259. The topological polar surface area (TPSA) is 52.7 Å². The standard InChI is InChI=1S/C26H33N3O2/c1-21-8-5-6-9-22(21)18-25(31)29-16-14-28(15-17-29)19-24(30)27-20-26(12-7-13-26)23-10-3-2-4-11-23/h2-6,8-11H,7,12-20H2,1H3,(H,27,30). The number of nitrogens with zero attached hydrogens (tertiary/aromatic N) is 2. The molecule has 1 aliphatic carbocycles. The Kier molecular flexibility index (Phi) is 6.71. The van der Waals surface area contributed by atoms with Crippen LogP contribution in [0.4, 0.5) is 0 Å². The average Bonchev–Trinajstić information content (AvgIpc) is 2.76. The molecule has 1 aliphatic heterocycles. The molecule has 2 aromatic carbocycles. The molecule has 0 aromatic heterocycles. The van der Waals surface area contributed by atoms with Gasteiger partial charge in [-0.1, -0.05) is 61.0 Å². The lowest BCUT2D eigenvalue weighted by Crippen LogP contribution is -2.52. The SMILES string of the molecule is Cc1ccccc1CC(=O)N1CCN(CC(=O)NCC2(c3ccccc3)CCC2)CC1. The van der Waals surface area contributed by atoms with Gasteiger partial charge in [0.05, 0.1) is 13.0 Å². The summed E-state index contributed by atoms with van der Waals surface area (Å²) in [7, 11) is 0. The van der Waals surface area contributed by atoms with Gasteiger partial charge < -0.3 is 10.2 Å². The van der Waals surface area contributed by atoms with Gasteiger partial charge >= 0.3 is 0 Å². The molecule has 0 atom stereocenters. The van der Waals surface area contributed by atoms with Crippen LogP contribution in [0.15, 0.2) is 54.6 Å². The number of piperazine rings is 1. The van der Waals surface area contributed by atoms with Gasteiger partial charge in [-0.25, -0.2) is 0 Å². The number of carbonyl (C=O) groups excluding carboxylic acids is 2. The van der Waals surface area contributed by atoms with Crippen molar-refractivity contribution in [1.82, 2.24) is 15.1 Å². The number of nitrogens with one attached hydrogen (secondary N) is 1. The van der Waals surface area contributed by atoms with E-state index in [0.29, 0.717) is 32.6 Å². The number of aryl methyl sites for hydroxylation is 1. The quantitative estimate of drug-likeness (QED) is 0.751. The number of carbonyl (C=O) groups is 2. The summed E-state index contributed by atoms with van der Waals surface area (Å²) in [5.41, 5.74) is 3.70. The maximum atomic E-state index is 12.7. The summed E-state index contributed by atoms with van der Waals surface area (Å²) in [4.78, 5) is 29.3. The molecule has 0 spiro atoms. The van der Waals surface area contributed by atoms with Gasteiger partial charge in [0.1, 0.15) is 0 Å². The Hall–Kier alpha value is -2.66. The first-order valence-electron chi connectivity index (χ1n) is 11.4. The normalized spacial score (nSPS) is 18.3. The van der Waals surface area contributed by atoms with Crippen molar-refractivity contribution in [2.24, 2.45) is 0 Å². The third-order valence-electron chi connectivity index (χ3n) is 7.02. The van der Waals surface area contributed by atoms with E-state index >= 15 is 0 Å². The highest BCUT2D eigenvalue weighted by molar-refractivity contribution is 5.80. The highest BCUT2D eigenvalue weighted by atomic mass is 16.2. The molecular formula is C26H33N3O2. The Morgan fingerprint density at radius 3 is 2.26 bits per heavy atom. The summed E-state index contributed by atoms with van der Waals surface area (Å²) < 4.78 is 0. The molecule has 2 aliphatic rings. The zero-order valence-corrected chi connectivity index (χ0v) is 18.5. The second kappa shape index (κ2) is 9.65. The third-order valence-corrected chi connectivity index (χ3v) is 7.02. The minimum absolute atomic E-state index is 0.0851. The fourth-order valence-corrected chi connectivity index (χ4v) is 4.73. The molecule has 1 N–H and O–H groups in total. The van der Waals surface area contributed by atoms with E-state index in [0.717, 1.165) is 37.1 Å². The molecule has 0 radical (unpaired) electrons. The van der Waals surface area contributed by atoms with Gasteiger partial charge in [-0.05, 0) is 36.5 Å². The summed E-state index contributed by atoms with van der Waals surface area (Å²) in [6, 6.07) is 18.6. The fraction of sp³-hybridized carbons (Fsp3) is 0.462. The van der Waals surface area contributed by atoms with Crippen molar-refractivity contribution in [2.75, 3.05) is 39.3 Å². The van der Waals surface area contributed by atoms with E-state index in [1.54, 1.807) is 0 Å². The van der Waals surface area contributed by atoms with Crippen LogP contribution in [0, 0.1) is 6.92 Å². The van der Waals surface area contributed by atoms with Crippen LogP contribution in [0.3, 0.4) is 0 Å². The second-order valence-corrected chi connectivity index (χ2v) is 9.04. The van der Waals surface area contributed by atoms with Crippen LogP contribution in [0.2, 0.25) is 0 Å². The largest absolute Gasteiger partial charge is 0.354 e. The first-order valence-corrected chi connectivity index (χ1v) is 11.4. The van der Waals surface area contributed by atoms with E-state index in [1.165, 1.54) is 12.0 Å². The number of hydrogen-bond donors (Lipinski definition) is 1. The smallest absolute Gasteiger partial charge is 0.234 e. The molecule has 31 heavy (non-hydrogen) atoms. The molecule has 0 unspecified atom stereocenters. The van der Waals surface area contributed by atoms with E-state index in [1.807, 2.05) is 42.2 Å². The van der Waals surface area contributed by atoms with Crippen LogP contribution in [-0.4, -0.2) is 60.9 Å². The molecule has 2 aromatic rings.